The van der Waals surface area contributed by atoms with Gasteiger partial charge in [-0.25, -0.2) is 4.98 Å². The maximum Gasteiger partial charge on any atom is 0.141 e. The first-order valence-corrected chi connectivity index (χ1v) is 18.8. The number of hydrogen-bond acceptors (Lipinski definition) is 1. The number of benzene rings is 7. The minimum absolute atomic E-state index is 0.243. The molecule has 2 atom stereocenters. The van der Waals surface area contributed by atoms with Crippen molar-refractivity contribution in [1.29, 1.82) is 0 Å². The lowest BCUT2D eigenvalue weighted by Gasteiger charge is -2.25. The molecule has 0 bridgehead atoms. The van der Waals surface area contributed by atoms with Crippen molar-refractivity contribution in [2.45, 2.75) is 38.6 Å². The molecule has 0 N–H and O–H groups in total. The molecule has 0 saturated heterocycles. The Kier molecular flexibility index (Phi) is 7.49. The predicted octanol–water partition coefficient (Wildman–Crippen LogP) is 13.1. The van der Waals surface area contributed by atoms with Gasteiger partial charge in [0, 0.05) is 11.3 Å². The highest BCUT2D eigenvalue weighted by Gasteiger charge is 2.28. The topological polar surface area (TPSA) is 17.8 Å². The van der Waals surface area contributed by atoms with Crippen LogP contribution in [0.4, 0.5) is 0 Å². The Morgan fingerprint density at radius 3 is 1.98 bits per heavy atom. The van der Waals surface area contributed by atoms with Gasteiger partial charge in [-0.05, 0) is 109 Å². The molecule has 52 heavy (non-hydrogen) atoms. The molecule has 2 aliphatic rings. The van der Waals surface area contributed by atoms with E-state index in [0.717, 1.165) is 25.1 Å². The quantitative estimate of drug-likeness (QED) is 0.167. The lowest BCUT2D eigenvalue weighted by atomic mass is 9.84. The Labute approximate surface area is 305 Å². The SMILES string of the molecule is CC1CCc2c(nc(-c3ccccc3)n2C2C=CC(c3ccc4c(-c5ccc6ccccc6c5)c5ccccc5c(-c5ccccc5)c4c3)=CC2)C1. The van der Waals surface area contributed by atoms with Crippen molar-refractivity contribution in [3.8, 4) is 33.6 Å². The molecule has 250 valence electrons. The summed E-state index contributed by atoms with van der Waals surface area (Å²) in [6.45, 7) is 2.36. The van der Waals surface area contributed by atoms with E-state index in [-0.39, 0.29) is 6.04 Å². The van der Waals surface area contributed by atoms with Crippen LogP contribution in [0.15, 0.2) is 164 Å². The molecule has 0 aliphatic heterocycles. The van der Waals surface area contributed by atoms with Crippen LogP contribution in [0.1, 0.15) is 42.8 Å². The molecule has 2 aliphatic carbocycles. The first-order chi connectivity index (χ1) is 25.7. The minimum Gasteiger partial charge on any atom is -0.321 e. The highest BCUT2D eigenvalue weighted by molar-refractivity contribution is 6.22. The van der Waals surface area contributed by atoms with Gasteiger partial charge in [-0.3, -0.25) is 0 Å². The lowest BCUT2D eigenvalue weighted by Crippen LogP contribution is -2.17. The standard InChI is InChI=1S/C50H40N2/c1-33-20-29-47-46(30-33)51-50(37-15-6-3-7-16-37)52(47)41-26-23-35(24-27-41)39-25-28-44-45(32-39)48(36-13-4-2-5-14-36)42-18-10-11-19-43(42)49(44)40-22-21-34-12-8-9-17-38(34)31-40/h2-19,21-26,28,31-33,41H,20,27,29-30H2,1H3. The van der Waals surface area contributed by atoms with Gasteiger partial charge in [-0.15, -0.1) is 0 Å². The zero-order chi connectivity index (χ0) is 34.6. The average molecular weight is 669 g/mol. The van der Waals surface area contributed by atoms with E-state index >= 15 is 0 Å². The number of aromatic nitrogens is 2. The zero-order valence-corrected chi connectivity index (χ0v) is 29.5. The van der Waals surface area contributed by atoms with Gasteiger partial charge >= 0.3 is 0 Å². The third kappa shape index (κ3) is 5.21. The fraction of sp³-hybridized carbons (Fsp3) is 0.140. The van der Waals surface area contributed by atoms with Gasteiger partial charge in [0.25, 0.3) is 0 Å². The van der Waals surface area contributed by atoms with E-state index in [1.54, 1.807) is 0 Å². The zero-order valence-electron chi connectivity index (χ0n) is 29.5. The summed E-state index contributed by atoms with van der Waals surface area (Å²) in [7, 11) is 0. The number of hydrogen-bond donors (Lipinski definition) is 0. The van der Waals surface area contributed by atoms with Crippen LogP contribution in [0.2, 0.25) is 0 Å². The maximum atomic E-state index is 5.28. The third-order valence-electron chi connectivity index (χ3n) is 11.4. The van der Waals surface area contributed by atoms with E-state index in [4.69, 9.17) is 4.98 Å². The summed E-state index contributed by atoms with van der Waals surface area (Å²) in [4.78, 5) is 5.28. The third-order valence-corrected chi connectivity index (χ3v) is 11.4. The van der Waals surface area contributed by atoms with Crippen LogP contribution in [0.5, 0.6) is 0 Å². The molecular formula is C50H40N2. The second-order valence-corrected chi connectivity index (χ2v) is 14.7. The fourth-order valence-electron chi connectivity index (χ4n) is 8.85. The normalized spacial score (nSPS) is 17.1. The first kappa shape index (κ1) is 30.8. The van der Waals surface area contributed by atoms with E-state index < -0.39 is 0 Å². The number of nitrogens with zero attached hydrogens (tertiary/aromatic N) is 2. The van der Waals surface area contributed by atoms with Gasteiger partial charge in [0.05, 0.1) is 11.7 Å². The highest BCUT2D eigenvalue weighted by Crippen LogP contribution is 2.45. The van der Waals surface area contributed by atoms with Crippen LogP contribution in [0, 0.1) is 5.92 Å². The van der Waals surface area contributed by atoms with Gasteiger partial charge in [0.1, 0.15) is 5.82 Å². The Morgan fingerprint density at radius 2 is 1.23 bits per heavy atom. The van der Waals surface area contributed by atoms with Crippen molar-refractivity contribution in [2.75, 3.05) is 0 Å². The van der Waals surface area contributed by atoms with Crippen molar-refractivity contribution >= 4 is 37.9 Å². The lowest BCUT2D eigenvalue weighted by molar-refractivity contribution is 0.471. The predicted molar refractivity (Wildman–Crippen MR) is 219 cm³/mol. The van der Waals surface area contributed by atoms with E-state index in [1.165, 1.54) is 89.1 Å². The number of imidazole rings is 1. The molecule has 2 nitrogen and oxygen atoms in total. The Morgan fingerprint density at radius 1 is 0.577 bits per heavy atom. The van der Waals surface area contributed by atoms with Gasteiger partial charge in [-0.1, -0.05) is 159 Å². The van der Waals surface area contributed by atoms with E-state index in [9.17, 15) is 0 Å². The molecule has 2 heteroatoms. The van der Waals surface area contributed by atoms with E-state index in [2.05, 4.69) is 175 Å². The number of rotatable bonds is 5. The molecular weight excluding hydrogens is 629 g/mol. The van der Waals surface area contributed by atoms with Crippen molar-refractivity contribution in [1.82, 2.24) is 9.55 Å². The van der Waals surface area contributed by atoms with Crippen molar-refractivity contribution in [2.24, 2.45) is 5.92 Å². The van der Waals surface area contributed by atoms with Crippen LogP contribution in [-0.4, -0.2) is 9.55 Å². The van der Waals surface area contributed by atoms with Crippen LogP contribution in [0.3, 0.4) is 0 Å². The van der Waals surface area contributed by atoms with E-state index in [1.807, 2.05) is 0 Å². The van der Waals surface area contributed by atoms with Crippen molar-refractivity contribution < 1.29 is 0 Å². The minimum atomic E-state index is 0.243. The largest absolute Gasteiger partial charge is 0.321 e. The Balaban J connectivity index is 1.11. The smallest absolute Gasteiger partial charge is 0.141 e. The van der Waals surface area contributed by atoms with Crippen LogP contribution >= 0.6 is 0 Å². The monoisotopic (exact) mass is 668 g/mol. The second kappa shape index (κ2) is 12.7. The molecule has 10 rings (SSSR count). The maximum absolute atomic E-state index is 5.28. The molecule has 1 aromatic heterocycles. The molecule has 0 fully saturated rings. The van der Waals surface area contributed by atoms with Gasteiger partial charge in [0.2, 0.25) is 0 Å². The summed E-state index contributed by atoms with van der Waals surface area (Å²) >= 11 is 0. The molecule has 8 aromatic rings. The number of fused-ring (bicyclic) bond motifs is 4. The Bertz CT molecular complexity index is 2690. The molecule has 0 radical (unpaired) electrons. The summed E-state index contributed by atoms with van der Waals surface area (Å²) in [5.74, 6) is 1.79. The van der Waals surface area contributed by atoms with Crippen molar-refractivity contribution in [3.05, 3.63) is 181 Å². The highest BCUT2D eigenvalue weighted by atomic mass is 15.1. The molecule has 0 saturated carbocycles. The fourth-order valence-corrected chi connectivity index (χ4v) is 8.85. The Hall–Kier alpha value is -5.99. The van der Waals surface area contributed by atoms with E-state index in [0.29, 0.717) is 5.92 Å². The second-order valence-electron chi connectivity index (χ2n) is 14.7. The molecule has 0 spiro atoms. The van der Waals surface area contributed by atoms with Gasteiger partial charge in [0.15, 0.2) is 0 Å². The summed E-state index contributed by atoms with van der Waals surface area (Å²) in [5, 5.41) is 7.65. The summed E-state index contributed by atoms with van der Waals surface area (Å²) < 4.78 is 2.55. The first-order valence-electron chi connectivity index (χ1n) is 18.8. The summed E-state index contributed by atoms with van der Waals surface area (Å²) in [6.07, 6.45) is 11.6. The van der Waals surface area contributed by atoms with Gasteiger partial charge in [-0.2, -0.15) is 0 Å². The molecule has 1 heterocycles. The van der Waals surface area contributed by atoms with Crippen LogP contribution in [-0.2, 0) is 12.8 Å². The molecule has 2 unspecified atom stereocenters. The van der Waals surface area contributed by atoms with Crippen LogP contribution < -0.4 is 0 Å². The van der Waals surface area contributed by atoms with Crippen LogP contribution in [0.25, 0.3) is 71.5 Å². The van der Waals surface area contributed by atoms with Gasteiger partial charge < -0.3 is 4.57 Å². The average Bonchev–Trinajstić information content (AvgIpc) is 3.59. The molecule has 0 amide bonds. The molecule has 7 aromatic carbocycles. The summed E-state index contributed by atoms with van der Waals surface area (Å²) in [6, 6.07) is 53.6. The van der Waals surface area contributed by atoms with Crippen molar-refractivity contribution in [3.63, 3.8) is 0 Å². The summed E-state index contributed by atoms with van der Waals surface area (Å²) in [5.41, 5.74) is 11.5. The number of allylic oxidation sites excluding steroid dienone is 4.